The Labute approximate surface area is 162 Å². The number of carbonyl (C=O) groups is 2. The quantitative estimate of drug-likeness (QED) is 0.485. The minimum Gasteiger partial charge on any atom is -0.550 e. The molecule has 0 aromatic rings. The molecule has 0 atom stereocenters. The Hall–Kier alpha value is 2.29. The van der Waals surface area contributed by atoms with Gasteiger partial charge in [0, 0.05) is 12.4 Å². The summed E-state index contributed by atoms with van der Waals surface area (Å²) in [5.74, 6) is -3.02. The van der Waals surface area contributed by atoms with Gasteiger partial charge in [-0.15, -0.1) is 0 Å². The predicted octanol–water partition coefficient (Wildman–Crippen LogP) is -8.56. The van der Waals surface area contributed by atoms with Crippen molar-refractivity contribution in [1.29, 1.82) is 0 Å². The second kappa shape index (κ2) is 10.4. The maximum Gasteiger partial charge on any atom is 1.00 e. The molecule has 0 spiro atoms. The van der Waals surface area contributed by atoms with Crippen molar-refractivity contribution in [2.24, 2.45) is 0 Å². The van der Waals surface area contributed by atoms with Crippen molar-refractivity contribution < 1.29 is 136 Å². The molecular weight excluding hydrogens is 295 g/mol. The third-order valence-corrected chi connectivity index (χ3v) is 0.646. The monoisotopic (exact) mass is 298 g/mol. The molecule has 0 rings (SSSR count). The molecule has 0 aliphatic carbocycles. The van der Waals surface area contributed by atoms with Crippen molar-refractivity contribution in [3.05, 3.63) is 12.2 Å². The van der Waals surface area contributed by atoms with Crippen LogP contribution < -0.4 is 127 Å². The molecule has 50 valence electrons. The van der Waals surface area contributed by atoms with Crippen molar-refractivity contribution in [3.63, 3.8) is 0 Å². The summed E-state index contributed by atoms with van der Waals surface area (Å²) in [5, 5.41) is 19.4. The van der Waals surface area contributed by atoms with Gasteiger partial charge in [-0.3, -0.25) is 0 Å². The van der Waals surface area contributed by atoms with Crippen LogP contribution in [0.15, 0.2) is 12.2 Å². The summed E-state index contributed by atoms with van der Waals surface area (Å²) in [7, 11) is 0. The van der Waals surface area contributed by atoms with Gasteiger partial charge in [0.25, 0.3) is 0 Å². The number of carbonyl (C=O) groups excluding carboxylic acids is 2. The fourth-order valence-electron chi connectivity index (χ4n) is 0.246. The first-order chi connectivity index (χ1) is 4.04. The van der Waals surface area contributed by atoms with Crippen molar-refractivity contribution in [1.82, 2.24) is 0 Å². The Bertz CT molecular complexity index is 166. The summed E-state index contributed by atoms with van der Waals surface area (Å²) in [6, 6.07) is 0. The van der Waals surface area contributed by atoms with Gasteiger partial charge in [0.15, 0.2) is 0 Å². The van der Waals surface area contributed by atoms with Crippen LogP contribution in [-0.2, 0) is 9.59 Å². The summed E-state index contributed by atoms with van der Waals surface area (Å²) in [6.07, 6.45) is -0.678. The number of hydrogen-bond acceptors (Lipinski definition) is 4. The molecule has 0 unspecified atom stereocenters. The standard InChI is InChI=1S/C5H6O4.2Rb/c1-3(5(8)9)2-4(6)7;;/h1-2H2,(H,6,7)(H,8,9);;/q;2*+1/p-2. The molecule has 0 amide bonds. The topological polar surface area (TPSA) is 80.3 Å². The number of rotatable bonds is 3. The van der Waals surface area contributed by atoms with Crippen molar-refractivity contribution in [2.45, 2.75) is 6.42 Å². The average Bonchev–Trinajstić information content (AvgIpc) is 1.63. The molecule has 0 aliphatic rings. The van der Waals surface area contributed by atoms with Crippen molar-refractivity contribution in [3.8, 4) is 0 Å². The van der Waals surface area contributed by atoms with Crippen LogP contribution in [0.4, 0.5) is 0 Å². The molecular formula is C5H4O4Rb2. The minimum atomic E-state index is -1.56. The van der Waals surface area contributed by atoms with Crippen LogP contribution in [0, 0.1) is 0 Å². The summed E-state index contributed by atoms with van der Waals surface area (Å²) >= 11 is 0. The van der Waals surface area contributed by atoms with Gasteiger partial charge in [0.05, 0.1) is 5.97 Å². The maximum atomic E-state index is 9.73. The van der Waals surface area contributed by atoms with Crippen LogP contribution in [0.25, 0.3) is 0 Å². The van der Waals surface area contributed by atoms with E-state index < -0.39 is 23.9 Å². The molecule has 0 aromatic carbocycles. The zero-order chi connectivity index (χ0) is 7.44. The van der Waals surface area contributed by atoms with E-state index in [2.05, 4.69) is 6.58 Å². The first kappa shape index (κ1) is 19.0. The molecule has 11 heavy (non-hydrogen) atoms. The van der Waals surface area contributed by atoms with E-state index in [1.54, 1.807) is 0 Å². The van der Waals surface area contributed by atoms with Crippen LogP contribution in [0.3, 0.4) is 0 Å². The molecule has 6 heteroatoms. The number of hydrogen-bond donors (Lipinski definition) is 0. The number of carboxylic acid groups (broad SMARTS) is 2. The van der Waals surface area contributed by atoms with E-state index in [0.29, 0.717) is 0 Å². The zero-order valence-electron chi connectivity index (χ0n) is 6.55. The molecule has 0 saturated heterocycles. The Morgan fingerprint density at radius 1 is 1.18 bits per heavy atom. The van der Waals surface area contributed by atoms with Crippen LogP contribution in [0.2, 0.25) is 0 Å². The maximum absolute atomic E-state index is 9.73. The van der Waals surface area contributed by atoms with Gasteiger partial charge >= 0.3 is 116 Å². The first-order valence-electron chi connectivity index (χ1n) is 2.13. The van der Waals surface area contributed by atoms with Gasteiger partial charge in [-0.1, -0.05) is 6.58 Å². The van der Waals surface area contributed by atoms with E-state index in [4.69, 9.17) is 0 Å². The molecule has 0 N–H and O–H groups in total. The van der Waals surface area contributed by atoms with Gasteiger partial charge in [0.2, 0.25) is 0 Å². The zero-order valence-corrected chi connectivity index (χ0v) is 16.4. The van der Waals surface area contributed by atoms with Gasteiger partial charge in [0.1, 0.15) is 0 Å². The molecule has 0 aliphatic heterocycles. The Morgan fingerprint density at radius 3 is 1.64 bits per heavy atom. The Kier molecular flexibility index (Phi) is 17.9. The van der Waals surface area contributed by atoms with Crippen molar-refractivity contribution in [2.75, 3.05) is 0 Å². The van der Waals surface area contributed by atoms with E-state index in [1.807, 2.05) is 0 Å². The normalized spacial score (nSPS) is 6.91. The Morgan fingerprint density at radius 2 is 1.55 bits per heavy atom. The molecule has 0 fully saturated rings. The van der Waals surface area contributed by atoms with E-state index >= 15 is 0 Å². The molecule has 0 saturated carbocycles. The van der Waals surface area contributed by atoms with Crippen molar-refractivity contribution >= 4 is 11.9 Å². The SMILES string of the molecule is C=C(CC(=O)[O-])C(=O)[O-].[Rb+].[Rb+]. The van der Waals surface area contributed by atoms with E-state index in [9.17, 15) is 19.8 Å². The summed E-state index contributed by atoms with van der Waals surface area (Å²) in [6.45, 7) is 2.91. The van der Waals surface area contributed by atoms with Crippen LogP contribution >= 0.6 is 0 Å². The van der Waals surface area contributed by atoms with Crippen LogP contribution in [0.5, 0.6) is 0 Å². The number of carboxylic acids is 2. The third-order valence-electron chi connectivity index (χ3n) is 0.646. The fourth-order valence-corrected chi connectivity index (χ4v) is 0.246. The second-order valence-electron chi connectivity index (χ2n) is 1.44. The fraction of sp³-hybridized carbons (Fsp3) is 0.200. The second-order valence-corrected chi connectivity index (χ2v) is 1.44. The minimum absolute atomic E-state index is 0. The van der Waals surface area contributed by atoms with E-state index in [1.165, 1.54) is 0 Å². The van der Waals surface area contributed by atoms with Gasteiger partial charge in [-0.25, -0.2) is 0 Å². The van der Waals surface area contributed by atoms with Gasteiger partial charge < -0.3 is 19.8 Å². The van der Waals surface area contributed by atoms with E-state index in [-0.39, 0.29) is 116 Å². The molecule has 0 radical (unpaired) electrons. The van der Waals surface area contributed by atoms with Crippen LogP contribution in [-0.4, -0.2) is 11.9 Å². The molecule has 4 nitrogen and oxygen atoms in total. The molecule has 0 heterocycles. The Balaban J connectivity index is -0.000000320. The summed E-state index contributed by atoms with van der Waals surface area (Å²) < 4.78 is 0. The smallest absolute Gasteiger partial charge is 0.550 e. The first-order valence-corrected chi connectivity index (χ1v) is 2.13. The van der Waals surface area contributed by atoms with E-state index in [0.717, 1.165) is 0 Å². The summed E-state index contributed by atoms with van der Waals surface area (Å²) in [5.41, 5.74) is -0.477. The number of aliphatic carboxylic acids is 2. The molecule has 0 bridgehead atoms. The van der Waals surface area contributed by atoms with Gasteiger partial charge in [-0.2, -0.15) is 0 Å². The summed E-state index contributed by atoms with van der Waals surface area (Å²) in [4.78, 5) is 19.4. The van der Waals surface area contributed by atoms with Crippen LogP contribution in [0.1, 0.15) is 6.42 Å². The molecule has 0 aromatic heterocycles. The van der Waals surface area contributed by atoms with Gasteiger partial charge in [-0.05, 0) is 5.57 Å². The largest absolute Gasteiger partial charge is 1.00 e. The average molecular weight is 299 g/mol. The third kappa shape index (κ3) is 12.3. The predicted molar refractivity (Wildman–Crippen MR) is 23.8 cm³/mol.